The minimum absolute atomic E-state index is 0.267. The van der Waals surface area contributed by atoms with Crippen LogP contribution in [0, 0.1) is 0 Å². The van der Waals surface area contributed by atoms with Gasteiger partial charge in [-0.15, -0.1) is 0 Å². The molecule has 0 aromatic heterocycles. The predicted molar refractivity (Wildman–Crippen MR) is 86.9 cm³/mol. The molecule has 0 heterocycles. The molecule has 0 spiro atoms. The molecule has 0 unspecified atom stereocenters. The Kier molecular flexibility index (Phi) is 7.97. The van der Waals surface area contributed by atoms with Gasteiger partial charge in [0, 0.05) is 12.8 Å². The normalized spacial score (nSPS) is 10.1. The van der Waals surface area contributed by atoms with E-state index in [1.165, 1.54) is 0 Å². The van der Waals surface area contributed by atoms with Crippen LogP contribution in [0.15, 0.2) is 24.8 Å². The molecule has 0 radical (unpaired) electrons. The average Bonchev–Trinajstić information content (AvgIpc) is 2.52. The van der Waals surface area contributed by atoms with Crippen LogP contribution in [0.1, 0.15) is 57.9 Å². The number of carbonyl (C=O) groups excluding carboxylic acids is 2. The van der Waals surface area contributed by atoms with Crippen LogP contribution in [0.2, 0.25) is 0 Å². The molecule has 22 heavy (non-hydrogen) atoms. The summed E-state index contributed by atoms with van der Waals surface area (Å²) in [5.41, 5.74) is 0.798. The zero-order chi connectivity index (χ0) is 16.4. The summed E-state index contributed by atoms with van der Waals surface area (Å²) in [4.78, 5) is 23.5. The zero-order valence-corrected chi connectivity index (χ0v) is 13.4. The van der Waals surface area contributed by atoms with Crippen LogP contribution in [-0.2, 0) is 9.59 Å². The highest BCUT2D eigenvalue weighted by Gasteiger charge is 2.14. The Hall–Kier alpha value is -2.10. The highest BCUT2D eigenvalue weighted by molar-refractivity contribution is 5.76. The zero-order valence-electron chi connectivity index (χ0n) is 13.4. The molecule has 4 nitrogen and oxygen atoms in total. The second kappa shape index (κ2) is 9.77. The average molecular weight is 304 g/mol. The summed E-state index contributed by atoms with van der Waals surface area (Å²) in [6, 6.07) is 5.04. The van der Waals surface area contributed by atoms with Crippen molar-refractivity contribution < 1.29 is 19.1 Å². The van der Waals surface area contributed by atoms with Crippen LogP contribution in [0.3, 0.4) is 0 Å². The second-order valence-corrected chi connectivity index (χ2v) is 5.07. The standard InChI is InChI=1S/C18H24O4/c1-4-7-9-17(19)21-15-12-11-14(6-3)13-16(15)22-18(20)10-8-5-2/h6,11-13H,3-5,7-10H2,1-2H3. The molecule has 0 fully saturated rings. The number of carbonyl (C=O) groups is 2. The topological polar surface area (TPSA) is 52.6 Å². The molecule has 120 valence electrons. The van der Waals surface area contributed by atoms with E-state index in [-0.39, 0.29) is 23.4 Å². The number of hydrogen-bond acceptors (Lipinski definition) is 4. The molecule has 0 bridgehead atoms. The Balaban J connectivity index is 2.84. The molecule has 1 aromatic carbocycles. The Bertz CT molecular complexity index is 520. The van der Waals surface area contributed by atoms with Gasteiger partial charge in [-0.25, -0.2) is 0 Å². The van der Waals surface area contributed by atoms with Gasteiger partial charge in [-0.1, -0.05) is 45.4 Å². The predicted octanol–water partition coefficient (Wildman–Crippen LogP) is 4.52. The smallest absolute Gasteiger partial charge is 0.311 e. The number of rotatable bonds is 9. The van der Waals surface area contributed by atoms with Crippen LogP contribution in [0.25, 0.3) is 6.08 Å². The summed E-state index contributed by atoms with van der Waals surface area (Å²) >= 11 is 0. The highest BCUT2D eigenvalue weighted by atomic mass is 16.6. The van der Waals surface area contributed by atoms with Crippen LogP contribution in [0.4, 0.5) is 0 Å². The summed E-state index contributed by atoms with van der Waals surface area (Å²) in [6.45, 7) is 7.70. The van der Waals surface area contributed by atoms with Crippen molar-refractivity contribution in [1.82, 2.24) is 0 Å². The van der Waals surface area contributed by atoms with Crippen LogP contribution >= 0.6 is 0 Å². The molecule has 0 N–H and O–H groups in total. The third-order valence-electron chi connectivity index (χ3n) is 3.12. The molecular formula is C18H24O4. The van der Waals surface area contributed by atoms with Gasteiger partial charge >= 0.3 is 11.9 Å². The Labute approximate surface area is 132 Å². The van der Waals surface area contributed by atoms with E-state index in [9.17, 15) is 9.59 Å². The Morgan fingerprint density at radius 3 is 2.05 bits per heavy atom. The van der Waals surface area contributed by atoms with E-state index in [2.05, 4.69) is 6.58 Å². The van der Waals surface area contributed by atoms with Gasteiger partial charge in [-0.3, -0.25) is 9.59 Å². The lowest BCUT2D eigenvalue weighted by molar-refractivity contribution is -0.137. The summed E-state index contributed by atoms with van der Waals surface area (Å²) in [7, 11) is 0. The fourth-order valence-corrected chi connectivity index (χ4v) is 1.81. The largest absolute Gasteiger partial charge is 0.423 e. The third kappa shape index (κ3) is 6.12. The molecule has 4 heteroatoms. The quantitative estimate of drug-likeness (QED) is 0.497. The molecule has 1 aromatic rings. The first-order chi connectivity index (χ1) is 10.6. The van der Waals surface area contributed by atoms with E-state index in [4.69, 9.17) is 9.47 Å². The number of esters is 2. The van der Waals surface area contributed by atoms with Crippen LogP contribution in [0.5, 0.6) is 11.5 Å². The van der Waals surface area contributed by atoms with Crippen molar-refractivity contribution in [3.63, 3.8) is 0 Å². The van der Waals surface area contributed by atoms with Crippen molar-refractivity contribution in [2.24, 2.45) is 0 Å². The van der Waals surface area contributed by atoms with Crippen molar-refractivity contribution in [2.45, 2.75) is 52.4 Å². The second-order valence-electron chi connectivity index (χ2n) is 5.07. The lowest BCUT2D eigenvalue weighted by Crippen LogP contribution is -2.12. The molecule has 0 atom stereocenters. The van der Waals surface area contributed by atoms with Gasteiger partial charge in [0.25, 0.3) is 0 Å². The number of hydrogen-bond donors (Lipinski definition) is 0. The fourth-order valence-electron chi connectivity index (χ4n) is 1.81. The summed E-state index contributed by atoms with van der Waals surface area (Å²) < 4.78 is 10.6. The first kappa shape index (κ1) is 18.0. The van der Waals surface area contributed by atoms with E-state index in [1.807, 2.05) is 13.8 Å². The summed E-state index contributed by atoms with van der Waals surface area (Å²) in [5.74, 6) is -0.104. The summed E-state index contributed by atoms with van der Waals surface area (Å²) in [5, 5.41) is 0. The molecule has 0 aliphatic heterocycles. The first-order valence-corrected chi connectivity index (χ1v) is 7.78. The minimum atomic E-state index is -0.325. The van der Waals surface area contributed by atoms with Crippen molar-refractivity contribution in [1.29, 1.82) is 0 Å². The molecule has 0 amide bonds. The molecule has 0 aliphatic rings. The van der Waals surface area contributed by atoms with Crippen molar-refractivity contribution in [3.8, 4) is 11.5 Å². The van der Waals surface area contributed by atoms with E-state index < -0.39 is 0 Å². The van der Waals surface area contributed by atoms with Crippen molar-refractivity contribution in [3.05, 3.63) is 30.3 Å². The lowest BCUT2D eigenvalue weighted by atomic mass is 10.2. The van der Waals surface area contributed by atoms with Crippen LogP contribution < -0.4 is 9.47 Å². The third-order valence-corrected chi connectivity index (χ3v) is 3.12. The molecule has 0 saturated carbocycles. The SMILES string of the molecule is C=Cc1ccc(OC(=O)CCCC)c(OC(=O)CCCC)c1. The van der Waals surface area contributed by atoms with Crippen molar-refractivity contribution >= 4 is 18.0 Å². The van der Waals surface area contributed by atoms with Gasteiger partial charge in [-0.2, -0.15) is 0 Å². The summed E-state index contributed by atoms with van der Waals surface area (Å²) in [6.07, 6.45) is 5.72. The van der Waals surface area contributed by atoms with Gasteiger partial charge in [0.15, 0.2) is 11.5 Å². The number of benzene rings is 1. The highest BCUT2D eigenvalue weighted by Crippen LogP contribution is 2.30. The minimum Gasteiger partial charge on any atom is -0.423 e. The fraction of sp³-hybridized carbons (Fsp3) is 0.444. The molecule has 1 rings (SSSR count). The lowest BCUT2D eigenvalue weighted by Gasteiger charge is -2.11. The van der Waals surface area contributed by atoms with Gasteiger partial charge in [0.1, 0.15) is 0 Å². The molecule has 0 saturated heterocycles. The maximum Gasteiger partial charge on any atom is 0.311 e. The van der Waals surface area contributed by atoms with Gasteiger partial charge in [-0.05, 0) is 30.5 Å². The van der Waals surface area contributed by atoms with E-state index in [0.717, 1.165) is 31.2 Å². The number of unbranched alkanes of at least 4 members (excludes halogenated alkanes) is 2. The number of ether oxygens (including phenoxy) is 2. The molecular weight excluding hydrogens is 280 g/mol. The van der Waals surface area contributed by atoms with Gasteiger partial charge < -0.3 is 9.47 Å². The molecule has 0 aliphatic carbocycles. The van der Waals surface area contributed by atoms with E-state index in [0.29, 0.717) is 12.8 Å². The monoisotopic (exact) mass is 304 g/mol. The Morgan fingerprint density at radius 2 is 1.55 bits per heavy atom. The van der Waals surface area contributed by atoms with E-state index in [1.54, 1.807) is 24.3 Å². The first-order valence-electron chi connectivity index (χ1n) is 7.78. The van der Waals surface area contributed by atoms with E-state index >= 15 is 0 Å². The van der Waals surface area contributed by atoms with Gasteiger partial charge in [0.05, 0.1) is 0 Å². The van der Waals surface area contributed by atoms with Crippen LogP contribution in [-0.4, -0.2) is 11.9 Å². The van der Waals surface area contributed by atoms with Gasteiger partial charge in [0.2, 0.25) is 0 Å². The maximum atomic E-state index is 11.8. The Morgan fingerprint density at radius 1 is 1.00 bits per heavy atom. The maximum absolute atomic E-state index is 11.8. The van der Waals surface area contributed by atoms with Crippen molar-refractivity contribution in [2.75, 3.05) is 0 Å².